The van der Waals surface area contributed by atoms with E-state index in [-0.39, 0.29) is 0 Å². The van der Waals surface area contributed by atoms with Gasteiger partial charge in [-0.25, -0.2) is 0 Å². The molecule has 0 spiro atoms. The van der Waals surface area contributed by atoms with Crippen LogP contribution in [0.15, 0.2) is 12.3 Å². The molecule has 1 N–H and O–H groups in total. The maximum Gasteiger partial charge on any atom is 0.0610 e. The van der Waals surface area contributed by atoms with Gasteiger partial charge in [0.25, 0.3) is 0 Å². The normalized spacial score (nSPS) is 23.2. The summed E-state index contributed by atoms with van der Waals surface area (Å²) in [6.07, 6.45) is 4.58. The van der Waals surface area contributed by atoms with Crippen molar-refractivity contribution in [2.45, 2.75) is 37.6 Å². The number of thioether (sulfide) groups is 1. The molecule has 0 radical (unpaired) electrons. The van der Waals surface area contributed by atoms with Gasteiger partial charge < -0.3 is 5.32 Å². The highest BCUT2D eigenvalue weighted by Crippen LogP contribution is 2.35. The van der Waals surface area contributed by atoms with Crippen LogP contribution in [0.1, 0.15) is 31.5 Å². The van der Waals surface area contributed by atoms with Crippen LogP contribution in [-0.2, 0) is 6.54 Å². The smallest absolute Gasteiger partial charge is 0.0610 e. The maximum atomic E-state index is 4.34. The summed E-state index contributed by atoms with van der Waals surface area (Å²) in [4.78, 5) is 0. The van der Waals surface area contributed by atoms with Crippen LogP contribution >= 0.6 is 11.8 Å². The molecule has 1 aromatic rings. The molecule has 2 atom stereocenters. The highest BCUT2D eigenvalue weighted by molar-refractivity contribution is 8.00. The second kappa shape index (κ2) is 5.03. The van der Waals surface area contributed by atoms with Crippen molar-refractivity contribution < 1.29 is 0 Å². The number of nitrogens with zero attached hydrogens (tertiary/aromatic N) is 2. The summed E-state index contributed by atoms with van der Waals surface area (Å²) in [7, 11) is 2.05. The van der Waals surface area contributed by atoms with E-state index in [1.54, 1.807) is 0 Å². The zero-order valence-electron chi connectivity index (χ0n) is 9.44. The van der Waals surface area contributed by atoms with E-state index in [4.69, 9.17) is 0 Å². The average Bonchev–Trinajstić information content (AvgIpc) is 2.89. The highest BCUT2D eigenvalue weighted by atomic mass is 32.2. The third-order valence-electron chi connectivity index (χ3n) is 3.02. The van der Waals surface area contributed by atoms with Crippen LogP contribution in [-0.4, -0.2) is 27.8 Å². The van der Waals surface area contributed by atoms with Crippen LogP contribution in [0.2, 0.25) is 0 Å². The molecule has 3 nitrogen and oxygen atoms in total. The first-order valence-corrected chi connectivity index (χ1v) is 6.72. The monoisotopic (exact) mass is 225 g/mol. The molecule has 0 bridgehead atoms. The van der Waals surface area contributed by atoms with Crippen LogP contribution in [0, 0.1) is 0 Å². The Hall–Kier alpha value is -0.480. The second-order valence-corrected chi connectivity index (χ2v) is 5.24. The molecule has 0 amide bonds. The van der Waals surface area contributed by atoms with Gasteiger partial charge in [0.05, 0.1) is 11.7 Å². The highest BCUT2D eigenvalue weighted by Gasteiger charge is 2.27. The minimum Gasteiger partial charge on any atom is -0.311 e. The Balaban J connectivity index is 2.17. The summed E-state index contributed by atoms with van der Waals surface area (Å²) in [5, 5.41) is 8.50. The molecule has 0 saturated carbocycles. The zero-order valence-corrected chi connectivity index (χ0v) is 10.3. The van der Waals surface area contributed by atoms with E-state index in [0.717, 1.165) is 11.8 Å². The molecule has 2 heterocycles. The van der Waals surface area contributed by atoms with Gasteiger partial charge in [0, 0.05) is 18.0 Å². The molecule has 1 aromatic heterocycles. The van der Waals surface area contributed by atoms with Crippen molar-refractivity contribution in [3.63, 3.8) is 0 Å². The van der Waals surface area contributed by atoms with E-state index in [2.05, 4.69) is 46.9 Å². The van der Waals surface area contributed by atoms with E-state index >= 15 is 0 Å². The van der Waals surface area contributed by atoms with Crippen molar-refractivity contribution in [3.05, 3.63) is 18.0 Å². The molecule has 15 heavy (non-hydrogen) atoms. The SMILES string of the molecule is CCn1nccc1C(NC)C1CCCS1. The largest absolute Gasteiger partial charge is 0.311 e. The van der Waals surface area contributed by atoms with Crippen molar-refractivity contribution in [3.8, 4) is 0 Å². The van der Waals surface area contributed by atoms with E-state index in [0.29, 0.717) is 6.04 Å². The first-order valence-electron chi connectivity index (χ1n) is 5.67. The number of aromatic nitrogens is 2. The number of rotatable bonds is 4. The Bertz CT molecular complexity index is 305. The Morgan fingerprint density at radius 1 is 1.73 bits per heavy atom. The minimum absolute atomic E-state index is 0.458. The summed E-state index contributed by atoms with van der Waals surface area (Å²) in [6, 6.07) is 2.60. The van der Waals surface area contributed by atoms with E-state index in [1.807, 2.05) is 6.20 Å². The predicted molar refractivity (Wildman–Crippen MR) is 65.2 cm³/mol. The predicted octanol–water partition coefficient (Wildman–Crippen LogP) is 2.06. The molecule has 2 rings (SSSR count). The number of hydrogen-bond donors (Lipinski definition) is 1. The van der Waals surface area contributed by atoms with Crippen LogP contribution in [0.5, 0.6) is 0 Å². The summed E-state index contributed by atoms with van der Waals surface area (Å²) in [5.74, 6) is 1.31. The van der Waals surface area contributed by atoms with Gasteiger partial charge in [-0.1, -0.05) is 0 Å². The van der Waals surface area contributed by atoms with Crippen LogP contribution in [0.3, 0.4) is 0 Å². The van der Waals surface area contributed by atoms with Crippen molar-refractivity contribution in [2.75, 3.05) is 12.8 Å². The molecule has 0 aliphatic carbocycles. The van der Waals surface area contributed by atoms with Gasteiger partial charge in [0.2, 0.25) is 0 Å². The molecular weight excluding hydrogens is 206 g/mol. The lowest BCUT2D eigenvalue weighted by Gasteiger charge is -2.23. The molecule has 1 aliphatic rings. The molecular formula is C11H19N3S. The second-order valence-electron chi connectivity index (χ2n) is 3.89. The van der Waals surface area contributed by atoms with Crippen LogP contribution in [0.25, 0.3) is 0 Å². The quantitative estimate of drug-likeness (QED) is 0.850. The fourth-order valence-corrected chi connectivity index (χ4v) is 3.70. The molecule has 4 heteroatoms. The van der Waals surface area contributed by atoms with E-state index < -0.39 is 0 Å². The molecule has 84 valence electrons. The van der Waals surface area contributed by atoms with Gasteiger partial charge in [0.15, 0.2) is 0 Å². The Labute approximate surface area is 95.6 Å². The number of nitrogens with one attached hydrogen (secondary N) is 1. The van der Waals surface area contributed by atoms with Crippen LogP contribution in [0.4, 0.5) is 0 Å². The molecule has 2 unspecified atom stereocenters. The average molecular weight is 225 g/mol. The minimum atomic E-state index is 0.458. The first kappa shape index (κ1) is 11.0. The van der Waals surface area contributed by atoms with E-state index in [1.165, 1.54) is 24.3 Å². The standard InChI is InChI=1S/C11H19N3S/c1-3-14-9(6-7-13-14)11(12-2)10-5-4-8-15-10/h6-7,10-12H,3-5,8H2,1-2H3. The van der Waals surface area contributed by atoms with Gasteiger partial charge in [-0.2, -0.15) is 16.9 Å². The molecule has 0 aromatic carbocycles. The van der Waals surface area contributed by atoms with Gasteiger partial charge in [-0.05, 0) is 38.6 Å². The van der Waals surface area contributed by atoms with Crippen molar-refractivity contribution in [1.29, 1.82) is 0 Å². The fourth-order valence-electron chi connectivity index (χ4n) is 2.26. The van der Waals surface area contributed by atoms with Crippen molar-refractivity contribution >= 4 is 11.8 Å². The lowest BCUT2D eigenvalue weighted by molar-refractivity contribution is 0.492. The van der Waals surface area contributed by atoms with Gasteiger partial charge in [0.1, 0.15) is 0 Å². The Kier molecular flexibility index (Phi) is 3.70. The first-order chi connectivity index (χ1) is 7.36. The third-order valence-corrected chi connectivity index (χ3v) is 4.48. The summed E-state index contributed by atoms with van der Waals surface area (Å²) < 4.78 is 2.10. The Morgan fingerprint density at radius 2 is 2.60 bits per heavy atom. The fraction of sp³-hybridized carbons (Fsp3) is 0.727. The topological polar surface area (TPSA) is 29.9 Å². The lowest BCUT2D eigenvalue weighted by atomic mass is 10.1. The van der Waals surface area contributed by atoms with Gasteiger partial charge >= 0.3 is 0 Å². The zero-order chi connectivity index (χ0) is 10.7. The summed E-state index contributed by atoms with van der Waals surface area (Å²) in [6.45, 7) is 3.10. The maximum absolute atomic E-state index is 4.34. The lowest BCUT2D eigenvalue weighted by Crippen LogP contribution is -2.28. The molecule has 1 aliphatic heterocycles. The summed E-state index contributed by atoms with van der Waals surface area (Å²) in [5.41, 5.74) is 1.33. The third kappa shape index (κ3) is 2.21. The van der Waals surface area contributed by atoms with Crippen LogP contribution < -0.4 is 5.32 Å². The van der Waals surface area contributed by atoms with Crippen molar-refractivity contribution in [2.24, 2.45) is 0 Å². The Morgan fingerprint density at radius 3 is 3.20 bits per heavy atom. The summed E-state index contributed by atoms with van der Waals surface area (Å²) >= 11 is 2.09. The number of hydrogen-bond acceptors (Lipinski definition) is 3. The van der Waals surface area contributed by atoms with Crippen molar-refractivity contribution in [1.82, 2.24) is 15.1 Å². The molecule has 1 saturated heterocycles. The molecule has 1 fully saturated rings. The van der Waals surface area contributed by atoms with Gasteiger partial charge in [-0.15, -0.1) is 0 Å². The number of aryl methyl sites for hydroxylation is 1. The van der Waals surface area contributed by atoms with Gasteiger partial charge in [-0.3, -0.25) is 4.68 Å². The van der Waals surface area contributed by atoms with E-state index in [9.17, 15) is 0 Å².